The van der Waals surface area contributed by atoms with E-state index in [1.807, 2.05) is 16.8 Å². The first-order valence-electron chi connectivity index (χ1n) is 5.53. The molecular weight excluding hydrogens is 262 g/mol. The topological polar surface area (TPSA) is 78.9 Å². The molecule has 0 bridgehead atoms. The highest BCUT2D eigenvalue weighted by molar-refractivity contribution is 7.08. The molecule has 0 spiro atoms. The van der Waals surface area contributed by atoms with Crippen molar-refractivity contribution in [3.05, 3.63) is 52.3 Å². The molecule has 0 saturated carbocycles. The molecule has 5 nitrogen and oxygen atoms in total. The number of hydrogen-bond acceptors (Lipinski definition) is 5. The van der Waals surface area contributed by atoms with Crippen LogP contribution in [0.2, 0.25) is 0 Å². The second kappa shape index (κ2) is 4.66. The minimum absolute atomic E-state index is 0.0632. The highest BCUT2D eigenvalue weighted by Gasteiger charge is 2.21. The number of aromatic amines is 1. The van der Waals surface area contributed by atoms with E-state index in [4.69, 9.17) is 0 Å². The first-order valence-corrected chi connectivity index (χ1v) is 6.47. The van der Waals surface area contributed by atoms with Crippen molar-refractivity contribution >= 4 is 17.1 Å². The van der Waals surface area contributed by atoms with Crippen LogP contribution in [0.1, 0.15) is 16.1 Å². The number of ketones is 1. The molecule has 0 atom stereocenters. The summed E-state index contributed by atoms with van der Waals surface area (Å²) >= 11 is 1.51. The van der Waals surface area contributed by atoms with Crippen LogP contribution in [0.5, 0.6) is 5.75 Å². The highest BCUT2D eigenvalue weighted by atomic mass is 32.1. The van der Waals surface area contributed by atoms with Gasteiger partial charge in [0, 0.05) is 10.9 Å². The number of carbonyl (C=O) groups is 1. The number of aromatic hydroxyl groups is 1. The Balaban J connectivity index is 2.07. The minimum Gasteiger partial charge on any atom is -0.507 e. The number of carbonyl (C=O) groups excluding carboxylic acids is 1. The zero-order valence-corrected chi connectivity index (χ0v) is 10.5. The van der Waals surface area contributed by atoms with Crippen molar-refractivity contribution in [2.45, 2.75) is 0 Å². The van der Waals surface area contributed by atoms with Gasteiger partial charge in [-0.05, 0) is 23.6 Å². The molecule has 1 aromatic carbocycles. The molecule has 0 saturated heterocycles. The van der Waals surface area contributed by atoms with Crippen LogP contribution < -0.4 is 0 Å². The van der Waals surface area contributed by atoms with Gasteiger partial charge in [-0.2, -0.15) is 26.7 Å². The van der Waals surface area contributed by atoms with Crippen LogP contribution in [-0.4, -0.2) is 26.3 Å². The van der Waals surface area contributed by atoms with E-state index in [0.717, 1.165) is 5.56 Å². The Bertz CT molecular complexity index is 719. The summed E-state index contributed by atoms with van der Waals surface area (Å²) in [6, 6.07) is 8.25. The van der Waals surface area contributed by atoms with Crippen molar-refractivity contribution < 1.29 is 9.90 Å². The number of para-hydroxylation sites is 1. The lowest BCUT2D eigenvalue weighted by Gasteiger charge is -2.01. The first-order chi connectivity index (χ1) is 9.27. The Hall–Kier alpha value is -2.47. The molecule has 0 aliphatic heterocycles. The van der Waals surface area contributed by atoms with Gasteiger partial charge in [0.1, 0.15) is 11.4 Å². The van der Waals surface area contributed by atoms with Crippen LogP contribution in [0, 0.1) is 0 Å². The van der Waals surface area contributed by atoms with E-state index in [2.05, 4.69) is 15.4 Å². The smallest absolute Gasteiger partial charge is 0.219 e. The Kier molecular flexibility index (Phi) is 2.85. The molecule has 2 aromatic heterocycles. The molecular formula is C13H9N3O2S. The van der Waals surface area contributed by atoms with Gasteiger partial charge in [-0.15, -0.1) is 0 Å². The number of phenolic OH excluding ortho intramolecular Hbond substituents is 1. The fourth-order valence-corrected chi connectivity index (χ4v) is 2.42. The summed E-state index contributed by atoms with van der Waals surface area (Å²) in [6.07, 6.45) is 0. The summed E-state index contributed by atoms with van der Waals surface area (Å²) in [5.41, 5.74) is 1.75. The largest absolute Gasteiger partial charge is 0.507 e. The van der Waals surface area contributed by atoms with Crippen LogP contribution in [-0.2, 0) is 0 Å². The van der Waals surface area contributed by atoms with E-state index in [1.165, 1.54) is 17.4 Å². The molecule has 19 heavy (non-hydrogen) atoms. The first kappa shape index (κ1) is 11.6. The molecule has 2 N–H and O–H groups in total. The Morgan fingerprint density at radius 2 is 2.05 bits per heavy atom. The number of aromatic nitrogens is 3. The van der Waals surface area contributed by atoms with E-state index < -0.39 is 0 Å². The number of benzene rings is 1. The van der Waals surface area contributed by atoms with Crippen molar-refractivity contribution in [1.29, 1.82) is 0 Å². The number of hydrogen-bond donors (Lipinski definition) is 2. The number of H-pyrrole nitrogens is 1. The van der Waals surface area contributed by atoms with E-state index in [9.17, 15) is 9.90 Å². The Morgan fingerprint density at radius 1 is 1.21 bits per heavy atom. The zero-order chi connectivity index (χ0) is 13.2. The molecule has 94 valence electrons. The van der Waals surface area contributed by atoms with Gasteiger partial charge in [0.2, 0.25) is 5.78 Å². The third kappa shape index (κ3) is 2.02. The zero-order valence-electron chi connectivity index (χ0n) is 9.70. The van der Waals surface area contributed by atoms with E-state index in [-0.39, 0.29) is 22.8 Å². The Labute approximate surface area is 112 Å². The predicted octanol–water partition coefficient (Wildman–Crippen LogP) is 2.47. The lowest BCUT2D eigenvalue weighted by atomic mass is 10.0. The summed E-state index contributed by atoms with van der Waals surface area (Å²) in [6.45, 7) is 0. The lowest BCUT2D eigenvalue weighted by molar-refractivity contribution is 0.103. The van der Waals surface area contributed by atoms with Crippen molar-refractivity contribution in [1.82, 2.24) is 15.4 Å². The van der Waals surface area contributed by atoms with Gasteiger partial charge in [0.15, 0.2) is 5.69 Å². The van der Waals surface area contributed by atoms with Crippen molar-refractivity contribution in [3.8, 4) is 17.0 Å². The maximum Gasteiger partial charge on any atom is 0.219 e. The van der Waals surface area contributed by atoms with Crippen LogP contribution in [0.4, 0.5) is 0 Å². The van der Waals surface area contributed by atoms with Crippen LogP contribution in [0.25, 0.3) is 11.3 Å². The minimum atomic E-state index is -0.354. The van der Waals surface area contributed by atoms with Gasteiger partial charge >= 0.3 is 0 Å². The summed E-state index contributed by atoms with van der Waals surface area (Å²) < 4.78 is 0. The molecule has 0 amide bonds. The van der Waals surface area contributed by atoms with Gasteiger partial charge < -0.3 is 5.11 Å². The van der Waals surface area contributed by atoms with Crippen molar-refractivity contribution in [2.75, 3.05) is 0 Å². The van der Waals surface area contributed by atoms with Gasteiger partial charge in [-0.1, -0.05) is 12.1 Å². The fraction of sp³-hybridized carbons (Fsp3) is 0. The summed E-state index contributed by atoms with van der Waals surface area (Å²) in [5, 5.41) is 23.9. The number of rotatable bonds is 3. The van der Waals surface area contributed by atoms with E-state index in [1.54, 1.807) is 18.2 Å². The molecule has 3 rings (SSSR count). The van der Waals surface area contributed by atoms with Crippen LogP contribution in [0.3, 0.4) is 0 Å². The quantitative estimate of drug-likeness (QED) is 0.717. The van der Waals surface area contributed by atoms with E-state index in [0.29, 0.717) is 5.69 Å². The number of nitrogens with zero attached hydrogens (tertiary/aromatic N) is 2. The third-order valence-electron chi connectivity index (χ3n) is 2.71. The molecule has 3 aromatic rings. The number of thiophene rings is 1. The average molecular weight is 271 g/mol. The molecule has 0 radical (unpaired) electrons. The number of nitrogens with one attached hydrogen (secondary N) is 1. The Morgan fingerprint density at radius 3 is 2.79 bits per heavy atom. The van der Waals surface area contributed by atoms with Crippen molar-refractivity contribution in [3.63, 3.8) is 0 Å². The number of phenols is 1. The normalized spacial score (nSPS) is 10.5. The second-order valence-corrected chi connectivity index (χ2v) is 4.66. The summed E-state index contributed by atoms with van der Waals surface area (Å²) in [5.74, 6) is -0.417. The molecule has 2 heterocycles. The standard InChI is InChI=1S/C13H9N3O2S/c17-10-4-2-1-3-9(10)13(18)12-11(14-16-15-12)8-5-6-19-7-8/h1-7,17H,(H,14,15,16). The maximum absolute atomic E-state index is 12.4. The van der Waals surface area contributed by atoms with Crippen LogP contribution in [0.15, 0.2) is 41.1 Å². The summed E-state index contributed by atoms with van der Waals surface area (Å²) in [4.78, 5) is 12.4. The molecule has 0 aliphatic rings. The second-order valence-electron chi connectivity index (χ2n) is 3.88. The monoisotopic (exact) mass is 271 g/mol. The SMILES string of the molecule is O=C(c1ccccc1O)c1n[nH]nc1-c1ccsc1. The molecule has 0 unspecified atom stereocenters. The van der Waals surface area contributed by atoms with Gasteiger partial charge in [0.25, 0.3) is 0 Å². The van der Waals surface area contributed by atoms with Crippen LogP contribution >= 0.6 is 11.3 Å². The predicted molar refractivity (Wildman–Crippen MR) is 71.2 cm³/mol. The van der Waals surface area contributed by atoms with E-state index >= 15 is 0 Å². The van der Waals surface area contributed by atoms with Gasteiger partial charge in [0.05, 0.1) is 5.56 Å². The third-order valence-corrected chi connectivity index (χ3v) is 3.39. The summed E-state index contributed by atoms with van der Waals surface area (Å²) in [7, 11) is 0. The maximum atomic E-state index is 12.4. The molecule has 0 fully saturated rings. The molecule has 6 heteroatoms. The van der Waals surface area contributed by atoms with Gasteiger partial charge in [-0.3, -0.25) is 4.79 Å². The highest BCUT2D eigenvalue weighted by Crippen LogP contribution is 2.26. The lowest BCUT2D eigenvalue weighted by Crippen LogP contribution is -2.04. The average Bonchev–Trinajstić information content (AvgIpc) is 3.09. The van der Waals surface area contributed by atoms with Crippen molar-refractivity contribution in [2.24, 2.45) is 0 Å². The van der Waals surface area contributed by atoms with Gasteiger partial charge in [-0.25, -0.2) is 0 Å². The fourth-order valence-electron chi connectivity index (χ4n) is 1.78. The molecule has 0 aliphatic carbocycles.